The molecule has 1 N–H and O–H groups in total. The van der Waals surface area contributed by atoms with Crippen LogP contribution in [0.5, 0.6) is 5.75 Å². The monoisotopic (exact) mass is 314 g/mol. The Kier molecular flexibility index (Phi) is 4.86. The van der Waals surface area contributed by atoms with Gasteiger partial charge in [-0.15, -0.1) is 0 Å². The summed E-state index contributed by atoms with van der Waals surface area (Å²) in [5.41, 5.74) is 0.876. The molecule has 0 radical (unpaired) electrons. The van der Waals surface area contributed by atoms with Gasteiger partial charge >= 0.3 is 0 Å². The van der Waals surface area contributed by atoms with Gasteiger partial charge in [0.15, 0.2) is 11.6 Å². The lowest BCUT2D eigenvalue weighted by Crippen LogP contribution is -2.06. The first-order valence-corrected chi connectivity index (χ1v) is 6.73. The molecule has 0 saturated carbocycles. The normalized spacial score (nSPS) is 12.2. The van der Waals surface area contributed by atoms with E-state index in [1.54, 1.807) is 24.3 Å². The Morgan fingerprint density at radius 2 is 2.00 bits per heavy atom. The minimum Gasteiger partial charge on any atom is -0.494 e. The van der Waals surface area contributed by atoms with Crippen molar-refractivity contribution in [3.8, 4) is 5.75 Å². The van der Waals surface area contributed by atoms with Gasteiger partial charge in [0, 0.05) is 22.0 Å². The van der Waals surface area contributed by atoms with Crippen LogP contribution in [-0.4, -0.2) is 12.2 Å². The van der Waals surface area contributed by atoms with Crippen LogP contribution in [0.25, 0.3) is 0 Å². The standard InChI is InChI=1S/C15H13Cl2FO2/c1-20-14-4-2-3-11(15(14)18)13(19)7-9-5-6-10(16)8-12(9)17/h2-6,8,13,19H,7H2,1H3. The highest BCUT2D eigenvalue weighted by Crippen LogP contribution is 2.30. The number of aliphatic hydroxyl groups is 1. The van der Waals surface area contributed by atoms with Crippen LogP contribution in [0.4, 0.5) is 4.39 Å². The van der Waals surface area contributed by atoms with Gasteiger partial charge in [0.25, 0.3) is 0 Å². The van der Waals surface area contributed by atoms with Crippen LogP contribution in [0.2, 0.25) is 10.0 Å². The Balaban J connectivity index is 2.26. The molecule has 106 valence electrons. The zero-order valence-corrected chi connectivity index (χ0v) is 12.2. The predicted octanol–water partition coefficient (Wildman–Crippen LogP) is 4.42. The summed E-state index contributed by atoms with van der Waals surface area (Å²) in [7, 11) is 1.38. The van der Waals surface area contributed by atoms with Gasteiger partial charge in [-0.3, -0.25) is 0 Å². The molecular formula is C15H13Cl2FO2. The number of benzene rings is 2. The lowest BCUT2D eigenvalue weighted by atomic mass is 10.0. The number of ether oxygens (including phenoxy) is 1. The average Bonchev–Trinajstić information content (AvgIpc) is 2.42. The third-order valence-corrected chi connectivity index (χ3v) is 3.59. The maximum absolute atomic E-state index is 14.1. The molecule has 0 aliphatic rings. The molecule has 0 aliphatic carbocycles. The first-order valence-electron chi connectivity index (χ1n) is 5.97. The molecule has 0 fully saturated rings. The zero-order chi connectivity index (χ0) is 14.7. The van der Waals surface area contributed by atoms with Gasteiger partial charge in [-0.25, -0.2) is 4.39 Å². The van der Waals surface area contributed by atoms with Gasteiger partial charge in [0.05, 0.1) is 13.2 Å². The van der Waals surface area contributed by atoms with Crippen LogP contribution in [0.3, 0.4) is 0 Å². The van der Waals surface area contributed by atoms with E-state index in [2.05, 4.69) is 0 Å². The van der Waals surface area contributed by atoms with E-state index >= 15 is 0 Å². The molecule has 0 aliphatic heterocycles. The number of rotatable bonds is 4. The smallest absolute Gasteiger partial charge is 0.170 e. The van der Waals surface area contributed by atoms with Crippen molar-refractivity contribution in [1.82, 2.24) is 0 Å². The second-order valence-corrected chi connectivity index (χ2v) is 5.16. The second-order valence-electron chi connectivity index (χ2n) is 4.32. The number of aliphatic hydroxyl groups excluding tert-OH is 1. The van der Waals surface area contributed by atoms with E-state index in [1.165, 1.54) is 19.2 Å². The van der Waals surface area contributed by atoms with E-state index in [0.717, 1.165) is 0 Å². The highest BCUT2D eigenvalue weighted by Gasteiger charge is 2.17. The number of methoxy groups -OCH3 is 1. The van der Waals surface area contributed by atoms with Crippen LogP contribution in [0, 0.1) is 5.82 Å². The van der Waals surface area contributed by atoms with Crippen molar-refractivity contribution in [2.75, 3.05) is 7.11 Å². The molecule has 0 aromatic heterocycles. The molecule has 0 amide bonds. The number of hydrogen-bond donors (Lipinski definition) is 1. The average molecular weight is 315 g/mol. The van der Waals surface area contributed by atoms with Gasteiger partial charge in [-0.1, -0.05) is 41.4 Å². The fourth-order valence-corrected chi connectivity index (χ4v) is 2.43. The third kappa shape index (κ3) is 3.23. The minimum atomic E-state index is -1.01. The first-order chi connectivity index (χ1) is 9.52. The lowest BCUT2D eigenvalue weighted by molar-refractivity contribution is 0.172. The Hall–Kier alpha value is -1.29. The van der Waals surface area contributed by atoms with Crippen LogP contribution in [0.15, 0.2) is 36.4 Å². The third-order valence-electron chi connectivity index (χ3n) is 3.00. The van der Waals surface area contributed by atoms with Crippen molar-refractivity contribution in [1.29, 1.82) is 0 Å². The highest BCUT2D eigenvalue weighted by molar-refractivity contribution is 6.35. The fourth-order valence-electron chi connectivity index (χ4n) is 1.95. The van der Waals surface area contributed by atoms with Gasteiger partial charge < -0.3 is 9.84 Å². The predicted molar refractivity (Wildman–Crippen MR) is 78.1 cm³/mol. The maximum Gasteiger partial charge on any atom is 0.170 e. The summed E-state index contributed by atoms with van der Waals surface area (Å²) in [5, 5.41) is 11.1. The van der Waals surface area contributed by atoms with Crippen LogP contribution < -0.4 is 4.74 Å². The topological polar surface area (TPSA) is 29.5 Å². The summed E-state index contributed by atoms with van der Waals surface area (Å²) in [5.74, 6) is -0.462. The van der Waals surface area contributed by atoms with Gasteiger partial charge in [0.2, 0.25) is 0 Å². The summed E-state index contributed by atoms with van der Waals surface area (Å²) in [4.78, 5) is 0. The number of hydrogen-bond acceptors (Lipinski definition) is 2. The van der Waals surface area contributed by atoms with Crippen molar-refractivity contribution in [2.45, 2.75) is 12.5 Å². The maximum atomic E-state index is 14.1. The summed E-state index contributed by atoms with van der Waals surface area (Å²) in [6.45, 7) is 0. The number of halogens is 3. The molecule has 2 aromatic carbocycles. The lowest BCUT2D eigenvalue weighted by Gasteiger charge is -2.14. The Bertz CT molecular complexity index is 617. The van der Waals surface area contributed by atoms with Crippen molar-refractivity contribution in [3.63, 3.8) is 0 Å². The molecule has 0 spiro atoms. The molecule has 2 rings (SSSR count). The summed E-state index contributed by atoms with van der Waals surface area (Å²) in [6.07, 6.45) is -0.816. The summed E-state index contributed by atoms with van der Waals surface area (Å²) >= 11 is 11.9. The SMILES string of the molecule is COc1cccc(C(O)Cc2ccc(Cl)cc2Cl)c1F. The van der Waals surface area contributed by atoms with E-state index in [1.807, 2.05) is 0 Å². The molecule has 1 unspecified atom stereocenters. The molecule has 0 bridgehead atoms. The van der Waals surface area contributed by atoms with Crippen LogP contribution in [-0.2, 0) is 6.42 Å². The fraction of sp³-hybridized carbons (Fsp3) is 0.200. The van der Waals surface area contributed by atoms with E-state index in [9.17, 15) is 9.50 Å². The highest BCUT2D eigenvalue weighted by atomic mass is 35.5. The molecule has 0 saturated heterocycles. The molecule has 2 nitrogen and oxygen atoms in total. The van der Waals surface area contributed by atoms with Gasteiger partial charge in [-0.2, -0.15) is 0 Å². The quantitative estimate of drug-likeness (QED) is 0.905. The summed E-state index contributed by atoms with van der Waals surface area (Å²) < 4.78 is 18.9. The van der Waals surface area contributed by atoms with Crippen molar-refractivity contribution in [3.05, 3.63) is 63.4 Å². The van der Waals surface area contributed by atoms with Crippen molar-refractivity contribution >= 4 is 23.2 Å². The molecular weight excluding hydrogens is 302 g/mol. The largest absolute Gasteiger partial charge is 0.494 e. The summed E-state index contributed by atoms with van der Waals surface area (Å²) in [6, 6.07) is 9.63. The van der Waals surface area contributed by atoms with Crippen molar-refractivity contribution < 1.29 is 14.2 Å². The second kappa shape index (κ2) is 6.44. The van der Waals surface area contributed by atoms with E-state index < -0.39 is 11.9 Å². The molecule has 0 heterocycles. The first kappa shape index (κ1) is 15.1. The van der Waals surface area contributed by atoms with Crippen molar-refractivity contribution in [2.24, 2.45) is 0 Å². The zero-order valence-electron chi connectivity index (χ0n) is 10.7. The van der Waals surface area contributed by atoms with E-state index in [4.69, 9.17) is 27.9 Å². The van der Waals surface area contributed by atoms with E-state index in [-0.39, 0.29) is 17.7 Å². The molecule has 1 atom stereocenters. The molecule has 2 aromatic rings. The minimum absolute atomic E-state index is 0.101. The Labute approximate surface area is 126 Å². The Morgan fingerprint density at radius 3 is 2.65 bits per heavy atom. The van der Waals surface area contributed by atoms with Crippen LogP contribution >= 0.6 is 23.2 Å². The molecule has 5 heteroatoms. The Morgan fingerprint density at radius 1 is 1.25 bits per heavy atom. The van der Waals surface area contributed by atoms with Gasteiger partial charge in [0.1, 0.15) is 0 Å². The van der Waals surface area contributed by atoms with E-state index in [0.29, 0.717) is 15.6 Å². The van der Waals surface area contributed by atoms with Crippen LogP contribution in [0.1, 0.15) is 17.2 Å². The molecule has 20 heavy (non-hydrogen) atoms. The van der Waals surface area contributed by atoms with Gasteiger partial charge in [-0.05, 0) is 23.8 Å².